The summed E-state index contributed by atoms with van der Waals surface area (Å²) >= 11 is 0. The Hall–Kier alpha value is -2.32. The third-order valence-corrected chi connectivity index (χ3v) is 6.76. The highest BCUT2D eigenvalue weighted by molar-refractivity contribution is 5.47. The number of hydrogen-bond acceptors (Lipinski definition) is 2. The van der Waals surface area contributed by atoms with Gasteiger partial charge in [0.25, 0.3) is 0 Å². The Morgan fingerprint density at radius 1 is 0.966 bits per heavy atom. The molecule has 152 valence electrons. The zero-order valence-electron chi connectivity index (χ0n) is 17.9. The first kappa shape index (κ1) is 20.0. The van der Waals surface area contributed by atoms with Crippen LogP contribution < -0.4 is 4.74 Å². The second-order valence-corrected chi connectivity index (χ2v) is 8.73. The SMILES string of the molecule is COc1cccc(CCC2=C3C[C@H](OC)C[C@]3(C)CC=C2Cc2ccccc2)c1. The maximum Gasteiger partial charge on any atom is 0.119 e. The van der Waals surface area contributed by atoms with Crippen molar-refractivity contribution < 1.29 is 9.47 Å². The third kappa shape index (κ3) is 4.33. The van der Waals surface area contributed by atoms with Crippen LogP contribution in [0.25, 0.3) is 0 Å². The van der Waals surface area contributed by atoms with Crippen molar-refractivity contribution in [3.63, 3.8) is 0 Å². The monoisotopic (exact) mass is 388 g/mol. The zero-order chi connectivity index (χ0) is 20.3. The van der Waals surface area contributed by atoms with Gasteiger partial charge in [0.15, 0.2) is 0 Å². The molecule has 0 unspecified atom stereocenters. The number of rotatable bonds is 7. The Kier molecular flexibility index (Phi) is 5.91. The van der Waals surface area contributed by atoms with Crippen molar-refractivity contribution in [2.75, 3.05) is 14.2 Å². The minimum atomic E-state index is 0.255. The second-order valence-electron chi connectivity index (χ2n) is 8.73. The Bertz CT molecular complexity index is 909. The summed E-state index contributed by atoms with van der Waals surface area (Å²) in [6, 6.07) is 19.3. The number of aryl methyl sites for hydroxylation is 1. The molecular formula is C27H32O2. The number of hydrogen-bond donors (Lipinski definition) is 0. The van der Waals surface area contributed by atoms with E-state index in [1.54, 1.807) is 18.3 Å². The van der Waals surface area contributed by atoms with Gasteiger partial charge in [-0.15, -0.1) is 0 Å². The molecular weight excluding hydrogens is 356 g/mol. The molecule has 2 nitrogen and oxygen atoms in total. The van der Waals surface area contributed by atoms with Crippen molar-refractivity contribution in [1.29, 1.82) is 0 Å². The summed E-state index contributed by atoms with van der Waals surface area (Å²) in [7, 11) is 3.60. The Labute approximate surface area is 175 Å². The third-order valence-electron chi connectivity index (χ3n) is 6.76. The second kappa shape index (κ2) is 8.59. The highest BCUT2D eigenvalue weighted by Crippen LogP contribution is 2.52. The predicted octanol–water partition coefficient (Wildman–Crippen LogP) is 6.31. The molecule has 29 heavy (non-hydrogen) atoms. The van der Waals surface area contributed by atoms with Crippen LogP contribution in [0.15, 0.2) is 77.4 Å². The topological polar surface area (TPSA) is 18.5 Å². The maximum atomic E-state index is 5.79. The number of methoxy groups -OCH3 is 2. The zero-order valence-corrected chi connectivity index (χ0v) is 17.9. The molecule has 0 bridgehead atoms. The molecule has 2 aromatic rings. The highest BCUT2D eigenvalue weighted by Gasteiger charge is 2.42. The molecule has 2 aromatic carbocycles. The van der Waals surface area contributed by atoms with Crippen molar-refractivity contribution in [2.24, 2.45) is 5.41 Å². The van der Waals surface area contributed by atoms with Gasteiger partial charge in [0.2, 0.25) is 0 Å². The van der Waals surface area contributed by atoms with E-state index < -0.39 is 0 Å². The Morgan fingerprint density at radius 2 is 1.76 bits per heavy atom. The van der Waals surface area contributed by atoms with Crippen molar-refractivity contribution in [2.45, 2.75) is 51.6 Å². The first-order valence-corrected chi connectivity index (χ1v) is 10.7. The molecule has 0 N–H and O–H groups in total. The van der Waals surface area contributed by atoms with Crippen LogP contribution in [0.4, 0.5) is 0 Å². The summed E-state index contributed by atoms with van der Waals surface area (Å²) in [6.45, 7) is 2.43. The van der Waals surface area contributed by atoms with Crippen molar-refractivity contribution in [3.05, 3.63) is 88.5 Å². The molecule has 0 aliphatic heterocycles. The van der Waals surface area contributed by atoms with Crippen LogP contribution in [0.5, 0.6) is 5.75 Å². The van der Waals surface area contributed by atoms with Gasteiger partial charge in [-0.05, 0) is 78.3 Å². The first-order chi connectivity index (χ1) is 14.1. The Balaban J connectivity index is 1.63. The molecule has 0 heterocycles. The van der Waals surface area contributed by atoms with Gasteiger partial charge in [-0.2, -0.15) is 0 Å². The lowest BCUT2D eigenvalue weighted by molar-refractivity contribution is 0.0977. The summed E-state index contributed by atoms with van der Waals surface area (Å²) in [5, 5.41) is 0. The van der Waals surface area contributed by atoms with Crippen LogP contribution in [-0.2, 0) is 17.6 Å². The van der Waals surface area contributed by atoms with E-state index in [0.717, 1.165) is 44.3 Å². The minimum Gasteiger partial charge on any atom is -0.497 e. The fraction of sp³-hybridized carbons (Fsp3) is 0.407. The van der Waals surface area contributed by atoms with E-state index >= 15 is 0 Å². The molecule has 2 atom stereocenters. The first-order valence-electron chi connectivity index (χ1n) is 10.7. The van der Waals surface area contributed by atoms with Gasteiger partial charge >= 0.3 is 0 Å². The fourth-order valence-corrected chi connectivity index (χ4v) is 5.10. The molecule has 1 saturated carbocycles. The summed E-state index contributed by atoms with van der Waals surface area (Å²) < 4.78 is 11.2. The van der Waals surface area contributed by atoms with E-state index in [1.165, 1.54) is 16.7 Å². The lowest BCUT2D eigenvalue weighted by atomic mass is 9.71. The van der Waals surface area contributed by atoms with Crippen molar-refractivity contribution in [1.82, 2.24) is 0 Å². The smallest absolute Gasteiger partial charge is 0.119 e. The lowest BCUT2D eigenvalue weighted by Crippen LogP contribution is -2.20. The quantitative estimate of drug-likeness (QED) is 0.553. The standard InChI is InChI=1S/C27H32O2/c1-27-15-14-22(16-20-8-5-4-6-9-20)25(26(27)18-24(19-27)29-3)13-12-21-10-7-11-23(17-21)28-2/h4-11,14,17,24H,12-13,15-16,18-19H2,1-3H3/t24-,27-/m0/s1. The van der Waals surface area contributed by atoms with Gasteiger partial charge in [0, 0.05) is 7.11 Å². The summed E-state index contributed by atoms with van der Waals surface area (Å²) in [5.74, 6) is 0.939. The fourth-order valence-electron chi connectivity index (χ4n) is 5.10. The molecule has 4 rings (SSSR count). The molecule has 2 aliphatic rings. The van der Waals surface area contributed by atoms with E-state index in [-0.39, 0.29) is 5.41 Å². The van der Waals surface area contributed by atoms with Crippen LogP contribution in [0.2, 0.25) is 0 Å². The number of allylic oxidation sites excluding steroid dienone is 3. The molecule has 0 aromatic heterocycles. The van der Waals surface area contributed by atoms with Crippen LogP contribution >= 0.6 is 0 Å². The number of fused-ring (bicyclic) bond motifs is 1. The molecule has 0 spiro atoms. The predicted molar refractivity (Wildman–Crippen MR) is 119 cm³/mol. The summed E-state index contributed by atoms with van der Waals surface area (Å²) in [4.78, 5) is 0. The van der Waals surface area contributed by atoms with Crippen molar-refractivity contribution >= 4 is 0 Å². The van der Waals surface area contributed by atoms with Gasteiger partial charge in [0.05, 0.1) is 13.2 Å². The van der Waals surface area contributed by atoms with Crippen LogP contribution in [0, 0.1) is 5.41 Å². The summed E-state index contributed by atoms with van der Waals surface area (Å²) in [6.07, 6.45) is 9.34. The van der Waals surface area contributed by atoms with E-state index in [0.29, 0.717) is 6.10 Å². The van der Waals surface area contributed by atoms with E-state index in [1.807, 2.05) is 13.2 Å². The van der Waals surface area contributed by atoms with Crippen LogP contribution in [-0.4, -0.2) is 20.3 Å². The van der Waals surface area contributed by atoms with Gasteiger partial charge in [-0.3, -0.25) is 0 Å². The Morgan fingerprint density at radius 3 is 2.52 bits per heavy atom. The normalized spacial score (nSPS) is 23.7. The molecule has 2 aliphatic carbocycles. The minimum absolute atomic E-state index is 0.255. The number of benzene rings is 2. The molecule has 0 saturated heterocycles. The lowest BCUT2D eigenvalue weighted by Gasteiger charge is -2.33. The van der Waals surface area contributed by atoms with Gasteiger partial charge < -0.3 is 9.47 Å². The largest absolute Gasteiger partial charge is 0.497 e. The van der Waals surface area contributed by atoms with Gasteiger partial charge in [-0.1, -0.05) is 61.0 Å². The average molecular weight is 389 g/mol. The maximum absolute atomic E-state index is 5.79. The number of ether oxygens (including phenoxy) is 2. The van der Waals surface area contributed by atoms with E-state index in [4.69, 9.17) is 9.47 Å². The highest BCUT2D eigenvalue weighted by atomic mass is 16.5. The molecule has 0 radical (unpaired) electrons. The van der Waals surface area contributed by atoms with Gasteiger partial charge in [-0.25, -0.2) is 0 Å². The van der Waals surface area contributed by atoms with Crippen molar-refractivity contribution in [3.8, 4) is 5.75 Å². The molecule has 0 amide bonds. The average Bonchev–Trinajstić information content (AvgIpc) is 3.11. The van der Waals surface area contributed by atoms with E-state index in [2.05, 4.69) is 61.5 Å². The summed E-state index contributed by atoms with van der Waals surface area (Å²) in [5.41, 5.74) is 7.71. The van der Waals surface area contributed by atoms with Crippen LogP contribution in [0.3, 0.4) is 0 Å². The van der Waals surface area contributed by atoms with Crippen LogP contribution in [0.1, 0.15) is 43.7 Å². The molecule has 2 heteroatoms. The van der Waals surface area contributed by atoms with E-state index in [9.17, 15) is 0 Å². The molecule has 1 fully saturated rings. The van der Waals surface area contributed by atoms with Gasteiger partial charge in [0.1, 0.15) is 5.75 Å².